The molecule has 0 aromatic heterocycles. The monoisotopic (exact) mass is 273 g/mol. The zero-order valence-corrected chi connectivity index (χ0v) is 12.0. The molecule has 0 aromatic carbocycles. The molecule has 0 saturated carbocycles. The van der Waals surface area contributed by atoms with Gasteiger partial charge >= 0.3 is 12.1 Å². The van der Waals surface area contributed by atoms with Crippen molar-refractivity contribution in [2.75, 3.05) is 13.7 Å². The summed E-state index contributed by atoms with van der Waals surface area (Å²) in [6.07, 6.45) is 0.912. The SMILES string of the molecule is CCOC(=O)C(NC(=O)OC)C1C[C@@H](C)O[C@@H](C)C1. The van der Waals surface area contributed by atoms with E-state index in [0.717, 1.165) is 0 Å². The van der Waals surface area contributed by atoms with Gasteiger partial charge in [0.05, 0.1) is 25.9 Å². The van der Waals surface area contributed by atoms with E-state index in [1.54, 1.807) is 6.92 Å². The molecule has 6 nitrogen and oxygen atoms in total. The molecule has 1 rings (SSSR count). The number of rotatable bonds is 4. The van der Waals surface area contributed by atoms with Crippen molar-refractivity contribution >= 4 is 12.1 Å². The summed E-state index contributed by atoms with van der Waals surface area (Å²) >= 11 is 0. The highest BCUT2D eigenvalue weighted by Crippen LogP contribution is 2.28. The largest absolute Gasteiger partial charge is 0.464 e. The van der Waals surface area contributed by atoms with E-state index < -0.39 is 18.1 Å². The van der Waals surface area contributed by atoms with E-state index in [1.807, 2.05) is 13.8 Å². The molecule has 4 atom stereocenters. The molecule has 2 unspecified atom stereocenters. The van der Waals surface area contributed by atoms with Crippen molar-refractivity contribution in [3.05, 3.63) is 0 Å². The van der Waals surface area contributed by atoms with Gasteiger partial charge in [-0.05, 0) is 39.5 Å². The number of esters is 1. The fraction of sp³-hybridized carbons (Fsp3) is 0.846. The van der Waals surface area contributed by atoms with Crippen molar-refractivity contribution in [1.29, 1.82) is 0 Å². The third kappa shape index (κ3) is 4.70. The molecule has 19 heavy (non-hydrogen) atoms. The number of carbonyl (C=O) groups is 2. The molecule has 1 fully saturated rings. The topological polar surface area (TPSA) is 73.9 Å². The minimum Gasteiger partial charge on any atom is -0.464 e. The van der Waals surface area contributed by atoms with Crippen LogP contribution in [-0.2, 0) is 19.0 Å². The van der Waals surface area contributed by atoms with Crippen LogP contribution in [0.4, 0.5) is 4.79 Å². The molecule has 1 aliphatic rings. The predicted octanol–water partition coefficient (Wildman–Crippen LogP) is 1.48. The average Bonchev–Trinajstić information content (AvgIpc) is 2.34. The van der Waals surface area contributed by atoms with Gasteiger partial charge in [0.15, 0.2) is 0 Å². The fourth-order valence-corrected chi connectivity index (χ4v) is 2.52. The van der Waals surface area contributed by atoms with Gasteiger partial charge in [-0.3, -0.25) is 0 Å². The van der Waals surface area contributed by atoms with Gasteiger partial charge in [-0.2, -0.15) is 0 Å². The molecule has 1 heterocycles. The zero-order valence-electron chi connectivity index (χ0n) is 12.0. The number of methoxy groups -OCH3 is 1. The lowest BCUT2D eigenvalue weighted by Gasteiger charge is -2.35. The van der Waals surface area contributed by atoms with Crippen LogP contribution in [-0.4, -0.2) is 44.0 Å². The van der Waals surface area contributed by atoms with Crippen LogP contribution in [0.15, 0.2) is 0 Å². The van der Waals surface area contributed by atoms with E-state index in [9.17, 15) is 9.59 Å². The predicted molar refractivity (Wildman–Crippen MR) is 68.7 cm³/mol. The number of hydrogen-bond acceptors (Lipinski definition) is 5. The number of nitrogens with one attached hydrogen (secondary N) is 1. The Morgan fingerprint density at radius 2 is 1.89 bits per heavy atom. The van der Waals surface area contributed by atoms with E-state index in [2.05, 4.69) is 10.1 Å². The van der Waals surface area contributed by atoms with Crippen molar-refractivity contribution in [1.82, 2.24) is 5.32 Å². The Kier molecular flexibility index (Phi) is 6.08. The van der Waals surface area contributed by atoms with E-state index in [4.69, 9.17) is 9.47 Å². The normalized spacial score (nSPS) is 28.3. The number of alkyl carbamates (subject to hydrolysis) is 1. The summed E-state index contributed by atoms with van der Waals surface area (Å²) in [6.45, 7) is 5.95. The smallest absolute Gasteiger partial charge is 0.407 e. The highest BCUT2D eigenvalue weighted by molar-refractivity contribution is 5.81. The van der Waals surface area contributed by atoms with Crippen LogP contribution in [0.5, 0.6) is 0 Å². The molecule has 1 aliphatic heterocycles. The lowest BCUT2D eigenvalue weighted by molar-refractivity contribution is -0.149. The van der Waals surface area contributed by atoms with Crippen molar-refractivity contribution in [2.45, 2.75) is 51.9 Å². The average molecular weight is 273 g/mol. The molecule has 110 valence electrons. The van der Waals surface area contributed by atoms with Crippen LogP contribution in [0.25, 0.3) is 0 Å². The molecule has 0 radical (unpaired) electrons. The molecule has 1 amide bonds. The Hall–Kier alpha value is -1.30. The summed E-state index contributed by atoms with van der Waals surface area (Å²) in [7, 11) is 1.27. The lowest BCUT2D eigenvalue weighted by atomic mass is 9.86. The van der Waals surface area contributed by atoms with Gasteiger partial charge in [0.2, 0.25) is 0 Å². The van der Waals surface area contributed by atoms with Crippen molar-refractivity contribution in [2.24, 2.45) is 5.92 Å². The standard InChI is InChI=1S/C13H23NO5/c1-5-18-12(15)11(14-13(16)17-4)10-6-8(2)19-9(3)7-10/h8-11H,5-7H2,1-4H3,(H,14,16)/t8-,9+,10?,11?. The summed E-state index contributed by atoms with van der Waals surface area (Å²) < 4.78 is 15.2. The minimum atomic E-state index is -0.679. The minimum absolute atomic E-state index is 0.00287. The number of carbonyl (C=O) groups excluding carboxylic acids is 2. The molecule has 0 spiro atoms. The highest BCUT2D eigenvalue weighted by atomic mass is 16.5. The molecule has 1 saturated heterocycles. The summed E-state index contributed by atoms with van der Waals surface area (Å²) in [5.74, 6) is -0.420. The number of hydrogen-bond donors (Lipinski definition) is 1. The third-order valence-electron chi connectivity index (χ3n) is 3.20. The second-order valence-corrected chi connectivity index (χ2v) is 4.85. The molecule has 6 heteroatoms. The van der Waals surface area contributed by atoms with Gasteiger partial charge in [0.25, 0.3) is 0 Å². The maximum absolute atomic E-state index is 12.0. The van der Waals surface area contributed by atoms with Gasteiger partial charge in [0.1, 0.15) is 6.04 Å². The van der Waals surface area contributed by atoms with Crippen LogP contribution >= 0.6 is 0 Å². The van der Waals surface area contributed by atoms with E-state index >= 15 is 0 Å². The van der Waals surface area contributed by atoms with Gasteiger partial charge in [-0.1, -0.05) is 0 Å². The first kappa shape index (κ1) is 15.8. The summed E-state index contributed by atoms with van der Waals surface area (Å²) in [5, 5.41) is 2.57. The Morgan fingerprint density at radius 3 is 2.37 bits per heavy atom. The molecular formula is C13H23NO5. The van der Waals surface area contributed by atoms with Crippen LogP contribution in [0.1, 0.15) is 33.6 Å². The Bertz CT molecular complexity index is 310. The second kappa shape index (κ2) is 7.33. The van der Waals surface area contributed by atoms with Gasteiger partial charge in [-0.25, -0.2) is 9.59 Å². The Morgan fingerprint density at radius 1 is 1.32 bits per heavy atom. The van der Waals surface area contributed by atoms with Crippen molar-refractivity contribution in [3.8, 4) is 0 Å². The summed E-state index contributed by atoms with van der Waals surface area (Å²) in [6, 6.07) is -0.679. The van der Waals surface area contributed by atoms with Gasteiger partial charge < -0.3 is 19.5 Å². The quantitative estimate of drug-likeness (QED) is 0.785. The van der Waals surface area contributed by atoms with Crippen LogP contribution in [0.3, 0.4) is 0 Å². The van der Waals surface area contributed by atoms with E-state index in [0.29, 0.717) is 12.8 Å². The molecule has 0 aliphatic carbocycles. The van der Waals surface area contributed by atoms with Crippen LogP contribution < -0.4 is 5.32 Å². The third-order valence-corrected chi connectivity index (χ3v) is 3.20. The fourth-order valence-electron chi connectivity index (χ4n) is 2.52. The Labute approximate surface area is 113 Å². The first-order valence-electron chi connectivity index (χ1n) is 6.64. The maximum atomic E-state index is 12.0. The van der Waals surface area contributed by atoms with Crippen molar-refractivity contribution < 1.29 is 23.8 Å². The van der Waals surface area contributed by atoms with E-state index in [-0.39, 0.29) is 24.7 Å². The number of amides is 1. The van der Waals surface area contributed by atoms with Gasteiger partial charge in [-0.15, -0.1) is 0 Å². The van der Waals surface area contributed by atoms with Crippen LogP contribution in [0, 0.1) is 5.92 Å². The van der Waals surface area contributed by atoms with Crippen LogP contribution in [0.2, 0.25) is 0 Å². The summed E-state index contributed by atoms with van der Waals surface area (Å²) in [5.41, 5.74) is 0. The highest BCUT2D eigenvalue weighted by Gasteiger charge is 2.36. The first-order chi connectivity index (χ1) is 8.97. The molecule has 1 N–H and O–H groups in total. The number of ether oxygens (including phenoxy) is 3. The molecule has 0 aromatic rings. The van der Waals surface area contributed by atoms with E-state index in [1.165, 1.54) is 7.11 Å². The summed E-state index contributed by atoms with van der Waals surface area (Å²) in [4.78, 5) is 23.3. The maximum Gasteiger partial charge on any atom is 0.407 e. The molecule has 0 bridgehead atoms. The van der Waals surface area contributed by atoms with Crippen molar-refractivity contribution in [3.63, 3.8) is 0 Å². The molecular weight excluding hydrogens is 250 g/mol. The zero-order chi connectivity index (χ0) is 14.4. The van der Waals surface area contributed by atoms with Gasteiger partial charge in [0, 0.05) is 0 Å². The Balaban J connectivity index is 2.76. The lowest BCUT2D eigenvalue weighted by Crippen LogP contribution is -2.50. The second-order valence-electron chi connectivity index (χ2n) is 4.85. The first-order valence-corrected chi connectivity index (χ1v) is 6.64.